The first kappa shape index (κ1) is 13.3. The summed E-state index contributed by atoms with van der Waals surface area (Å²) in [5.41, 5.74) is 0.884. The van der Waals surface area contributed by atoms with Gasteiger partial charge in [0.05, 0.1) is 5.75 Å². The fraction of sp³-hybridized carbons (Fsp3) is 0.182. The molecule has 18 heavy (non-hydrogen) atoms. The lowest BCUT2D eigenvalue weighted by Gasteiger charge is -1.99. The van der Waals surface area contributed by atoms with E-state index in [0.29, 0.717) is 15.9 Å². The summed E-state index contributed by atoms with van der Waals surface area (Å²) >= 11 is 8.80. The van der Waals surface area contributed by atoms with E-state index in [9.17, 15) is 4.79 Å². The van der Waals surface area contributed by atoms with Crippen LogP contribution < -0.4 is 5.32 Å². The van der Waals surface area contributed by atoms with E-state index in [-0.39, 0.29) is 5.91 Å². The Labute approximate surface area is 118 Å². The number of anilines is 1. The number of nitrogens with one attached hydrogen (secondary N) is 1. The van der Waals surface area contributed by atoms with Gasteiger partial charge in [0.1, 0.15) is 10.0 Å². The number of amides is 1. The van der Waals surface area contributed by atoms with Crippen molar-refractivity contribution in [3.05, 3.63) is 29.7 Å². The summed E-state index contributed by atoms with van der Waals surface area (Å²) in [6.07, 6.45) is 5.28. The Hall–Kier alpha value is -1.11. The first-order valence-electron chi connectivity index (χ1n) is 5.06. The Bertz CT molecular complexity index is 544. The van der Waals surface area contributed by atoms with Gasteiger partial charge in [-0.3, -0.25) is 9.78 Å². The zero-order valence-corrected chi connectivity index (χ0v) is 11.9. The lowest BCUT2D eigenvalue weighted by Crippen LogP contribution is -2.12. The fourth-order valence-corrected chi connectivity index (χ4v) is 2.78. The molecule has 2 rings (SSSR count). The van der Waals surface area contributed by atoms with Crippen molar-refractivity contribution in [2.75, 3.05) is 17.3 Å². The molecule has 2 heterocycles. The van der Waals surface area contributed by atoms with Gasteiger partial charge in [0.25, 0.3) is 0 Å². The smallest absolute Gasteiger partial charge is 0.235 e. The molecule has 0 unspecified atom stereocenters. The first-order chi connectivity index (χ1) is 8.70. The molecule has 2 aromatic heterocycles. The Kier molecular flexibility index (Phi) is 4.57. The summed E-state index contributed by atoms with van der Waals surface area (Å²) in [5.74, 6) is 0.321. The van der Waals surface area contributed by atoms with Crippen molar-refractivity contribution in [2.24, 2.45) is 0 Å². The first-order valence-corrected chi connectivity index (χ1v) is 7.65. The molecule has 0 aliphatic heterocycles. The number of rotatable bonds is 4. The van der Waals surface area contributed by atoms with Crippen LogP contribution in [0.3, 0.4) is 0 Å². The van der Waals surface area contributed by atoms with Crippen molar-refractivity contribution in [1.82, 2.24) is 9.97 Å². The number of thioether (sulfide) groups is 1. The van der Waals surface area contributed by atoms with E-state index in [1.54, 1.807) is 12.4 Å². The van der Waals surface area contributed by atoms with Gasteiger partial charge in [0.2, 0.25) is 5.91 Å². The average molecular weight is 300 g/mol. The maximum Gasteiger partial charge on any atom is 0.235 e. The molecule has 0 saturated heterocycles. The van der Waals surface area contributed by atoms with Crippen LogP contribution in [-0.4, -0.2) is 27.9 Å². The molecule has 7 heteroatoms. The molecule has 94 valence electrons. The van der Waals surface area contributed by atoms with E-state index in [4.69, 9.17) is 11.6 Å². The van der Waals surface area contributed by atoms with Crippen LogP contribution >= 0.6 is 34.7 Å². The minimum Gasteiger partial charge on any atom is -0.314 e. The Morgan fingerprint density at radius 1 is 1.61 bits per heavy atom. The van der Waals surface area contributed by atoms with Crippen LogP contribution in [0.4, 0.5) is 5.00 Å². The number of nitrogens with zero attached hydrogens (tertiary/aromatic N) is 2. The van der Waals surface area contributed by atoms with Crippen LogP contribution in [0, 0.1) is 0 Å². The number of aromatic nitrogens is 2. The molecule has 1 N–H and O–H groups in total. The molecule has 2 aromatic rings. The van der Waals surface area contributed by atoms with Gasteiger partial charge < -0.3 is 5.32 Å². The van der Waals surface area contributed by atoms with Crippen LogP contribution in [0.15, 0.2) is 24.5 Å². The molecule has 0 fully saturated rings. The van der Waals surface area contributed by atoms with Gasteiger partial charge in [-0.25, -0.2) is 4.98 Å². The highest BCUT2D eigenvalue weighted by Gasteiger charge is 2.13. The Morgan fingerprint density at radius 2 is 2.44 bits per heavy atom. The normalized spacial score (nSPS) is 10.3. The number of halogens is 1. The SMILES string of the molecule is CSCC(=O)Nc1sc(-c2cccnc2)nc1Cl. The topological polar surface area (TPSA) is 54.9 Å². The van der Waals surface area contributed by atoms with E-state index in [1.165, 1.54) is 23.1 Å². The van der Waals surface area contributed by atoms with Crippen molar-refractivity contribution < 1.29 is 4.79 Å². The largest absolute Gasteiger partial charge is 0.314 e. The number of carbonyl (C=O) groups is 1. The minimum absolute atomic E-state index is 0.0780. The van der Waals surface area contributed by atoms with Crippen LogP contribution in [0.1, 0.15) is 0 Å². The standard InChI is InChI=1S/C11H10ClN3OS2/c1-17-6-8(16)14-11-9(12)15-10(18-11)7-3-2-4-13-5-7/h2-5H,6H2,1H3,(H,14,16). The van der Waals surface area contributed by atoms with Gasteiger partial charge in [-0.1, -0.05) is 22.9 Å². The summed E-state index contributed by atoms with van der Waals surface area (Å²) in [5, 5.41) is 4.38. The third-order valence-corrected chi connectivity index (χ3v) is 3.98. The summed E-state index contributed by atoms with van der Waals surface area (Å²) in [6.45, 7) is 0. The van der Waals surface area contributed by atoms with E-state index in [2.05, 4.69) is 15.3 Å². The molecule has 0 saturated carbocycles. The third kappa shape index (κ3) is 3.22. The van der Waals surface area contributed by atoms with Gasteiger partial charge in [0, 0.05) is 18.0 Å². The highest BCUT2D eigenvalue weighted by molar-refractivity contribution is 7.99. The Balaban J connectivity index is 2.20. The molecule has 0 aliphatic carbocycles. The van der Waals surface area contributed by atoms with E-state index >= 15 is 0 Å². The lowest BCUT2D eigenvalue weighted by atomic mass is 10.3. The van der Waals surface area contributed by atoms with Crippen LogP contribution in [0.25, 0.3) is 10.6 Å². The van der Waals surface area contributed by atoms with E-state index in [1.807, 2.05) is 18.4 Å². The number of hydrogen-bond donors (Lipinski definition) is 1. The molecule has 0 bridgehead atoms. The fourth-order valence-electron chi connectivity index (χ4n) is 1.29. The van der Waals surface area contributed by atoms with Crippen LogP contribution in [0.2, 0.25) is 5.15 Å². The molecular weight excluding hydrogens is 290 g/mol. The second-order valence-corrected chi connectivity index (χ2v) is 5.58. The Morgan fingerprint density at radius 3 is 3.11 bits per heavy atom. The quantitative estimate of drug-likeness (QED) is 0.942. The number of pyridine rings is 1. The molecule has 1 amide bonds. The van der Waals surface area contributed by atoms with Crippen molar-refractivity contribution >= 4 is 45.6 Å². The molecule has 4 nitrogen and oxygen atoms in total. The zero-order chi connectivity index (χ0) is 13.0. The van der Waals surface area contributed by atoms with E-state index < -0.39 is 0 Å². The molecule has 0 radical (unpaired) electrons. The molecule has 0 aliphatic rings. The predicted octanol–water partition coefficient (Wildman–Crippen LogP) is 3.16. The molecular formula is C11H10ClN3OS2. The molecule has 0 aromatic carbocycles. The summed E-state index contributed by atoms with van der Waals surface area (Å²) in [4.78, 5) is 19.7. The van der Waals surface area contributed by atoms with Crippen LogP contribution in [-0.2, 0) is 4.79 Å². The summed E-state index contributed by atoms with van der Waals surface area (Å²) in [6, 6.07) is 3.73. The van der Waals surface area contributed by atoms with Gasteiger partial charge in [-0.15, -0.1) is 0 Å². The van der Waals surface area contributed by atoms with Crippen molar-refractivity contribution in [2.45, 2.75) is 0 Å². The number of thiazole rings is 1. The monoisotopic (exact) mass is 299 g/mol. The second kappa shape index (κ2) is 6.17. The van der Waals surface area contributed by atoms with Gasteiger partial charge in [-0.05, 0) is 18.4 Å². The van der Waals surface area contributed by atoms with Gasteiger partial charge >= 0.3 is 0 Å². The van der Waals surface area contributed by atoms with E-state index in [0.717, 1.165) is 10.6 Å². The molecule has 0 spiro atoms. The maximum absolute atomic E-state index is 11.5. The zero-order valence-electron chi connectivity index (χ0n) is 9.51. The van der Waals surface area contributed by atoms with Crippen LogP contribution in [0.5, 0.6) is 0 Å². The minimum atomic E-state index is -0.0780. The van der Waals surface area contributed by atoms with Crippen molar-refractivity contribution in [3.8, 4) is 10.6 Å². The second-order valence-electron chi connectivity index (χ2n) is 3.36. The summed E-state index contributed by atoms with van der Waals surface area (Å²) in [7, 11) is 0. The lowest BCUT2D eigenvalue weighted by molar-refractivity contribution is -0.113. The highest BCUT2D eigenvalue weighted by Crippen LogP contribution is 2.34. The summed E-state index contributed by atoms with van der Waals surface area (Å²) < 4.78 is 0. The van der Waals surface area contributed by atoms with Crippen molar-refractivity contribution in [1.29, 1.82) is 0 Å². The average Bonchev–Trinajstić information content (AvgIpc) is 2.72. The maximum atomic E-state index is 11.5. The van der Waals surface area contributed by atoms with Crippen molar-refractivity contribution in [3.63, 3.8) is 0 Å². The molecule has 0 atom stereocenters. The van der Waals surface area contributed by atoms with Gasteiger partial charge in [-0.2, -0.15) is 11.8 Å². The predicted molar refractivity (Wildman–Crippen MR) is 77.4 cm³/mol. The third-order valence-electron chi connectivity index (χ3n) is 2.02. The highest BCUT2D eigenvalue weighted by atomic mass is 35.5. The number of carbonyl (C=O) groups excluding carboxylic acids is 1. The van der Waals surface area contributed by atoms with Gasteiger partial charge in [0.15, 0.2) is 5.15 Å². The number of hydrogen-bond acceptors (Lipinski definition) is 5.